The molecule has 2 aliphatic heterocycles. The summed E-state index contributed by atoms with van der Waals surface area (Å²) >= 11 is 0. The van der Waals surface area contributed by atoms with Crippen LogP contribution in [-0.4, -0.2) is 28.2 Å². The van der Waals surface area contributed by atoms with Gasteiger partial charge in [0, 0.05) is 18.0 Å². The van der Waals surface area contributed by atoms with Gasteiger partial charge in [-0.25, -0.2) is 0 Å². The van der Waals surface area contributed by atoms with E-state index in [1.165, 1.54) is 4.90 Å². The van der Waals surface area contributed by atoms with Crippen LogP contribution in [-0.2, 0) is 0 Å². The minimum absolute atomic E-state index is 0.242. The molecule has 0 spiro atoms. The van der Waals surface area contributed by atoms with E-state index in [1.54, 1.807) is 24.3 Å². The van der Waals surface area contributed by atoms with Gasteiger partial charge in [0.15, 0.2) is 5.54 Å². The van der Waals surface area contributed by atoms with Crippen molar-refractivity contribution in [3.05, 3.63) is 47.5 Å². The predicted molar refractivity (Wildman–Crippen MR) is 68.5 cm³/mol. The third-order valence-corrected chi connectivity index (χ3v) is 3.83. The lowest BCUT2D eigenvalue weighted by Crippen LogP contribution is -2.63. The van der Waals surface area contributed by atoms with Crippen LogP contribution in [0.15, 0.2) is 36.4 Å². The van der Waals surface area contributed by atoms with Crippen molar-refractivity contribution in [3.8, 4) is 6.07 Å². The van der Waals surface area contributed by atoms with Crippen LogP contribution in [0, 0.1) is 11.3 Å². The van der Waals surface area contributed by atoms with Crippen LogP contribution in [0.5, 0.6) is 0 Å². The summed E-state index contributed by atoms with van der Waals surface area (Å²) in [5.74, 6) is -0.519. The molecule has 19 heavy (non-hydrogen) atoms. The fourth-order valence-electron chi connectivity index (χ4n) is 2.90. The summed E-state index contributed by atoms with van der Waals surface area (Å²) in [5.41, 5.74) is -0.632. The number of nitriles is 1. The molecule has 0 saturated heterocycles. The summed E-state index contributed by atoms with van der Waals surface area (Å²) < 4.78 is 0. The van der Waals surface area contributed by atoms with Crippen LogP contribution in [0.1, 0.15) is 34.1 Å². The number of carbonyl (C=O) groups excluding carboxylic acids is 2. The van der Waals surface area contributed by atoms with Crippen LogP contribution in [0.4, 0.5) is 0 Å². The minimum Gasteiger partial charge on any atom is -0.307 e. The van der Waals surface area contributed by atoms with Crippen molar-refractivity contribution in [1.29, 1.82) is 5.26 Å². The first-order valence-corrected chi connectivity index (χ1v) is 6.17. The van der Waals surface area contributed by atoms with E-state index in [0.29, 0.717) is 11.1 Å². The van der Waals surface area contributed by atoms with Gasteiger partial charge in [-0.1, -0.05) is 30.4 Å². The molecule has 0 bridgehead atoms. The quantitative estimate of drug-likeness (QED) is 0.663. The van der Waals surface area contributed by atoms with Crippen molar-refractivity contribution < 1.29 is 9.59 Å². The number of Topliss-reactive ketones (excluding diaryl/α,β-unsaturated/α-hetero) is 1. The summed E-state index contributed by atoms with van der Waals surface area (Å²) in [5, 5.41) is 9.51. The molecule has 0 aliphatic carbocycles. The number of nitrogens with zero attached hydrogens (tertiary/aromatic N) is 2. The summed E-state index contributed by atoms with van der Waals surface area (Å²) in [6, 6.07) is 8.53. The molecule has 0 aromatic heterocycles. The van der Waals surface area contributed by atoms with Crippen LogP contribution < -0.4 is 0 Å². The smallest absolute Gasteiger partial charge is 0.256 e. The molecule has 1 aromatic carbocycles. The van der Waals surface area contributed by atoms with Gasteiger partial charge in [-0.2, -0.15) is 5.26 Å². The molecule has 4 heteroatoms. The largest absolute Gasteiger partial charge is 0.307 e. The van der Waals surface area contributed by atoms with E-state index in [1.807, 2.05) is 19.1 Å². The molecule has 0 N–H and O–H groups in total. The Morgan fingerprint density at radius 1 is 1.32 bits per heavy atom. The van der Waals surface area contributed by atoms with E-state index in [2.05, 4.69) is 6.07 Å². The fourth-order valence-corrected chi connectivity index (χ4v) is 2.90. The van der Waals surface area contributed by atoms with E-state index < -0.39 is 5.54 Å². The molecule has 0 radical (unpaired) electrons. The minimum atomic E-state index is -1.38. The molecule has 0 fully saturated rings. The van der Waals surface area contributed by atoms with Crippen LogP contribution >= 0.6 is 0 Å². The number of fused-ring (bicyclic) bond motifs is 2. The highest BCUT2D eigenvalue weighted by molar-refractivity contribution is 6.19. The molecule has 0 saturated carbocycles. The average molecular weight is 252 g/mol. The molecule has 2 heterocycles. The Kier molecular flexibility index (Phi) is 2.33. The maximum Gasteiger partial charge on any atom is 0.256 e. The van der Waals surface area contributed by atoms with E-state index >= 15 is 0 Å². The Morgan fingerprint density at radius 3 is 2.68 bits per heavy atom. The Balaban J connectivity index is 2.29. The van der Waals surface area contributed by atoms with Crippen molar-refractivity contribution in [2.75, 3.05) is 0 Å². The van der Waals surface area contributed by atoms with Gasteiger partial charge in [0.1, 0.15) is 0 Å². The van der Waals surface area contributed by atoms with Gasteiger partial charge in [-0.15, -0.1) is 0 Å². The Labute approximate surface area is 110 Å². The number of ketones is 1. The van der Waals surface area contributed by atoms with Crippen molar-refractivity contribution in [2.45, 2.75) is 24.9 Å². The first kappa shape index (κ1) is 11.7. The molecular formula is C15H12N2O2. The summed E-state index contributed by atoms with van der Waals surface area (Å²) in [6.45, 7) is 1.82. The number of benzene rings is 1. The zero-order valence-corrected chi connectivity index (χ0v) is 10.5. The average Bonchev–Trinajstić information content (AvgIpc) is 2.44. The van der Waals surface area contributed by atoms with Crippen LogP contribution in [0.3, 0.4) is 0 Å². The second-order valence-electron chi connectivity index (χ2n) is 4.89. The molecule has 94 valence electrons. The van der Waals surface area contributed by atoms with Gasteiger partial charge in [0.05, 0.1) is 11.6 Å². The summed E-state index contributed by atoms with van der Waals surface area (Å²) in [7, 11) is 0. The van der Waals surface area contributed by atoms with E-state index in [9.17, 15) is 14.9 Å². The maximum atomic E-state index is 12.6. The molecule has 2 unspecified atom stereocenters. The number of hydrogen-bond donors (Lipinski definition) is 0. The monoisotopic (exact) mass is 252 g/mol. The van der Waals surface area contributed by atoms with E-state index in [4.69, 9.17) is 0 Å². The zero-order chi connectivity index (χ0) is 13.6. The molecule has 1 amide bonds. The van der Waals surface area contributed by atoms with Gasteiger partial charge >= 0.3 is 0 Å². The standard InChI is InChI=1S/C15H12N2O2/c1-10-5-4-8-15(9-16)13(18)11-6-2-3-7-12(11)14(19)17(10)15/h2-7,10H,8H2,1H3. The third-order valence-electron chi connectivity index (χ3n) is 3.83. The van der Waals surface area contributed by atoms with Gasteiger partial charge in [-0.05, 0) is 13.0 Å². The predicted octanol–water partition coefficient (Wildman–Crippen LogP) is 1.94. The van der Waals surface area contributed by atoms with Crippen molar-refractivity contribution in [2.24, 2.45) is 0 Å². The molecule has 3 rings (SSSR count). The lowest BCUT2D eigenvalue weighted by Gasteiger charge is -2.45. The van der Waals surface area contributed by atoms with Crippen LogP contribution in [0.25, 0.3) is 0 Å². The van der Waals surface area contributed by atoms with Crippen LogP contribution in [0.2, 0.25) is 0 Å². The third kappa shape index (κ3) is 1.33. The zero-order valence-electron chi connectivity index (χ0n) is 10.5. The van der Waals surface area contributed by atoms with Gasteiger partial charge in [0.2, 0.25) is 5.78 Å². The van der Waals surface area contributed by atoms with Gasteiger partial charge < -0.3 is 4.90 Å². The maximum absolute atomic E-state index is 12.6. The SMILES string of the molecule is CC1C=CCC2(C#N)C(=O)c3ccccc3C(=O)N12. The Hall–Kier alpha value is -2.41. The number of amides is 1. The molecular weight excluding hydrogens is 240 g/mol. The number of rotatable bonds is 0. The van der Waals surface area contributed by atoms with E-state index in [0.717, 1.165) is 0 Å². The lowest BCUT2D eigenvalue weighted by molar-refractivity contribution is 0.0407. The Morgan fingerprint density at radius 2 is 2.00 bits per heavy atom. The Bertz CT molecular complexity index is 656. The number of hydrogen-bond acceptors (Lipinski definition) is 3. The van der Waals surface area contributed by atoms with Gasteiger partial charge in [0.25, 0.3) is 5.91 Å². The van der Waals surface area contributed by atoms with Crippen molar-refractivity contribution >= 4 is 11.7 Å². The van der Waals surface area contributed by atoms with E-state index in [-0.39, 0.29) is 24.2 Å². The molecule has 2 atom stereocenters. The normalized spacial score (nSPS) is 28.6. The first-order chi connectivity index (χ1) is 9.12. The first-order valence-electron chi connectivity index (χ1n) is 6.17. The fraction of sp³-hybridized carbons (Fsp3) is 0.267. The van der Waals surface area contributed by atoms with Crippen molar-refractivity contribution in [3.63, 3.8) is 0 Å². The topological polar surface area (TPSA) is 61.2 Å². The van der Waals surface area contributed by atoms with Crippen molar-refractivity contribution in [1.82, 2.24) is 4.90 Å². The number of carbonyl (C=O) groups is 2. The highest BCUT2D eigenvalue weighted by Gasteiger charge is 2.53. The highest BCUT2D eigenvalue weighted by atomic mass is 16.2. The second-order valence-corrected chi connectivity index (χ2v) is 4.89. The second kappa shape index (κ2) is 3.79. The highest BCUT2D eigenvalue weighted by Crippen LogP contribution is 2.37. The van der Waals surface area contributed by atoms with Gasteiger partial charge in [-0.3, -0.25) is 9.59 Å². The molecule has 4 nitrogen and oxygen atoms in total. The summed E-state index contributed by atoms with van der Waals surface area (Å²) in [6.07, 6.45) is 3.92. The summed E-state index contributed by atoms with van der Waals surface area (Å²) in [4.78, 5) is 26.6. The molecule has 2 aliphatic rings. The lowest BCUT2D eigenvalue weighted by atomic mass is 9.77. The molecule has 1 aromatic rings.